The van der Waals surface area contributed by atoms with Gasteiger partial charge in [0.1, 0.15) is 5.82 Å². The van der Waals surface area contributed by atoms with Gasteiger partial charge in [0.05, 0.1) is 0 Å². The maximum absolute atomic E-state index is 14.0. The molecule has 0 radical (unpaired) electrons. The highest BCUT2D eigenvalue weighted by Crippen LogP contribution is 2.28. The number of hydrogen-bond acceptors (Lipinski definition) is 2. The number of benzene rings is 2. The molecule has 1 atom stereocenters. The number of piperidine rings is 1. The smallest absolute Gasteiger partial charge is 0.247 e. The van der Waals surface area contributed by atoms with E-state index in [9.17, 15) is 9.18 Å². The van der Waals surface area contributed by atoms with Gasteiger partial charge in [-0.15, -0.1) is 0 Å². The van der Waals surface area contributed by atoms with Gasteiger partial charge in [0.2, 0.25) is 5.91 Å². The molecule has 2 aromatic carbocycles. The second kappa shape index (κ2) is 7.83. The molecule has 0 aromatic heterocycles. The van der Waals surface area contributed by atoms with Crippen LogP contribution < -0.4 is 10.6 Å². The Kier molecular flexibility index (Phi) is 5.28. The van der Waals surface area contributed by atoms with Crippen molar-refractivity contribution >= 4 is 17.5 Å². The van der Waals surface area contributed by atoms with Gasteiger partial charge in [-0.25, -0.2) is 4.39 Å². The maximum Gasteiger partial charge on any atom is 0.247 e. The Hall–Kier alpha value is -2.17. The molecular formula is C22H22ClFN2O. The van der Waals surface area contributed by atoms with Crippen LogP contribution in [-0.2, 0) is 11.2 Å². The molecule has 2 fully saturated rings. The summed E-state index contributed by atoms with van der Waals surface area (Å²) < 4.78 is 14.0. The van der Waals surface area contributed by atoms with E-state index in [4.69, 9.17) is 11.6 Å². The molecule has 2 heterocycles. The topological polar surface area (TPSA) is 41.1 Å². The summed E-state index contributed by atoms with van der Waals surface area (Å²) in [5.74, 6) is -0.192. The van der Waals surface area contributed by atoms with Crippen LogP contribution >= 0.6 is 11.6 Å². The molecule has 2 aliphatic rings. The molecule has 2 aliphatic heterocycles. The van der Waals surface area contributed by atoms with Crippen LogP contribution in [0.1, 0.15) is 24.8 Å². The lowest BCUT2D eigenvalue weighted by molar-refractivity contribution is -0.116. The molecule has 4 rings (SSSR count). The minimum atomic E-state index is -0.284. The Morgan fingerprint density at radius 1 is 1.07 bits per heavy atom. The molecule has 3 nitrogen and oxygen atoms in total. The molecule has 5 heteroatoms. The fraction of sp³-hybridized carbons (Fsp3) is 0.318. The summed E-state index contributed by atoms with van der Waals surface area (Å²) in [5.41, 5.74) is 4.72. The summed E-state index contributed by atoms with van der Waals surface area (Å²) in [5, 5.41) is 6.96. The van der Waals surface area contributed by atoms with E-state index in [1.807, 2.05) is 24.3 Å². The summed E-state index contributed by atoms with van der Waals surface area (Å²) in [6.07, 6.45) is 3.50. The Morgan fingerprint density at radius 3 is 2.56 bits per heavy atom. The van der Waals surface area contributed by atoms with Gasteiger partial charge >= 0.3 is 0 Å². The highest BCUT2D eigenvalue weighted by molar-refractivity contribution is 6.30. The van der Waals surface area contributed by atoms with E-state index < -0.39 is 0 Å². The summed E-state index contributed by atoms with van der Waals surface area (Å²) in [4.78, 5) is 12.3. The predicted octanol–water partition coefficient (Wildman–Crippen LogP) is 4.26. The van der Waals surface area contributed by atoms with Crippen molar-refractivity contribution in [1.82, 2.24) is 10.6 Å². The minimum absolute atomic E-state index is 0.0921. The zero-order valence-electron chi connectivity index (χ0n) is 15.0. The third-order valence-electron chi connectivity index (χ3n) is 5.37. The summed E-state index contributed by atoms with van der Waals surface area (Å²) in [6, 6.07) is 12.5. The fourth-order valence-electron chi connectivity index (χ4n) is 3.94. The van der Waals surface area contributed by atoms with Crippen molar-refractivity contribution in [3.8, 4) is 11.1 Å². The normalized spacial score (nSPS) is 20.1. The third-order valence-corrected chi connectivity index (χ3v) is 5.60. The SMILES string of the molecule is O=C1NC(Cc2ccc(-c3cc(Cl)ccc3F)cc2)CC1=C1CCNCC1. The van der Waals surface area contributed by atoms with E-state index in [1.54, 1.807) is 12.1 Å². The Labute approximate surface area is 163 Å². The fourth-order valence-corrected chi connectivity index (χ4v) is 4.12. The zero-order chi connectivity index (χ0) is 18.8. The first-order valence-electron chi connectivity index (χ1n) is 9.37. The van der Waals surface area contributed by atoms with Crippen LogP contribution in [0.2, 0.25) is 5.02 Å². The van der Waals surface area contributed by atoms with Gasteiger partial charge in [0.15, 0.2) is 0 Å². The van der Waals surface area contributed by atoms with E-state index in [0.29, 0.717) is 10.6 Å². The first-order chi connectivity index (χ1) is 13.1. The molecule has 2 N–H and O–H groups in total. The monoisotopic (exact) mass is 384 g/mol. The lowest BCUT2D eigenvalue weighted by Gasteiger charge is -2.17. The van der Waals surface area contributed by atoms with Crippen LogP contribution in [0.5, 0.6) is 0 Å². The van der Waals surface area contributed by atoms with Crippen molar-refractivity contribution in [1.29, 1.82) is 0 Å². The Balaban J connectivity index is 1.46. The van der Waals surface area contributed by atoms with Gasteiger partial charge < -0.3 is 10.6 Å². The summed E-state index contributed by atoms with van der Waals surface area (Å²) >= 11 is 5.99. The van der Waals surface area contributed by atoms with Crippen LogP contribution in [-0.4, -0.2) is 25.0 Å². The van der Waals surface area contributed by atoms with Crippen LogP contribution in [0.3, 0.4) is 0 Å². The van der Waals surface area contributed by atoms with Crippen molar-refractivity contribution in [2.75, 3.05) is 13.1 Å². The second-order valence-corrected chi connectivity index (χ2v) is 7.67. The molecule has 27 heavy (non-hydrogen) atoms. The molecule has 1 amide bonds. The Bertz CT molecular complexity index is 884. The van der Waals surface area contributed by atoms with Gasteiger partial charge in [-0.3, -0.25) is 4.79 Å². The maximum atomic E-state index is 14.0. The molecule has 0 aliphatic carbocycles. The van der Waals surface area contributed by atoms with Gasteiger partial charge in [0, 0.05) is 22.2 Å². The van der Waals surface area contributed by atoms with Crippen LogP contribution in [0.25, 0.3) is 11.1 Å². The number of hydrogen-bond donors (Lipinski definition) is 2. The van der Waals surface area contributed by atoms with E-state index in [1.165, 1.54) is 11.6 Å². The van der Waals surface area contributed by atoms with E-state index in [-0.39, 0.29) is 17.8 Å². The average Bonchev–Trinajstić information content (AvgIpc) is 3.05. The first-order valence-corrected chi connectivity index (χ1v) is 9.75. The van der Waals surface area contributed by atoms with Crippen LogP contribution in [0.4, 0.5) is 4.39 Å². The Morgan fingerprint density at radius 2 is 1.81 bits per heavy atom. The molecule has 1 unspecified atom stereocenters. The average molecular weight is 385 g/mol. The molecule has 0 spiro atoms. The molecule has 0 saturated carbocycles. The third kappa shape index (κ3) is 4.07. The molecule has 0 bridgehead atoms. The number of rotatable bonds is 3. The van der Waals surface area contributed by atoms with Gasteiger partial charge in [-0.05, 0) is 68.1 Å². The molecule has 2 saturated heterocycles. The van der Waals surface area contributed by atoms with E-state index in [0.717, 1.165) is 55.5 Å². The highest BCUT2D eigenvalue weighted by atomic mass is 35.5. The van der Waals surface area contributed by atoms with Gasteiger partial charge in [-0.1, -0.05) is 41.4 Å². The number of amides is 1. The lowest BCUT2D eigenvalue weighted by atomic mass is 9.94. The van der Waals surface area contributed by atoms with Crippen molar-refractivity contribution in [3.05, 3.63) is 70.0 Å². The zero-order valence-corrected chi connectivity index (χ0v) is 15.8. The van der Waals surface area contributed by atoms with E-state index in [2.05, 4.69) is 10.6 Å². The van der Waals surface area contributed by atoms with Gasteiger partial charge in [-0.2, -0.15) is 0 Å². The number of carbonyl (C=O) groups is 1. The second-order valence-electron chi connectivity index (χ2n) is 7.23. The minimum Gasteiger partial charge on any atom is -0.349 e. The molecule has 140 valence electrons. The quantitative estimate of drug-likeness (QED) is 0.776. The van der Waals surface area contributed by atoms with Crippen molar-refractivity contribution in [3.63, 3.8) is 0 Å². The van der Waals surface area contributed by atoms with Crippen LogP contribution in [0, 0.1) is 5.82 Å². The van der Waals surface area contributed by atoms with Crippen LogP contribution in [0.15, 0.2) is 53.6 Å². The molecular weight excluding hydrogens is 363 g/mol. The van der Waals surface area contributed by atoms with Crippen molar-refractivity contribution < 1.29 is 9.18 Å². The lowest BCUT2D eigenvalue weighted by Crippen LogP contribution is -2.28. The summed E-state index contributed by atoms with van der Waals surface area (Å²) in [6.45, 7) is 1.91. The standard InChI is InChI=1S/C22H22ClFN2O/c23-17-5-6-21(24)19(12-17)15-3-1-14(2-4-15)11-18-13-20(22(27)26-18)16-7-9-25-10-8-16/h1-6,12,18,25H,7-11,13H2,(H,26,27). The first kappa shape index (κ1) is 18.2. The molecule has 2 aromatic rings. The van der Waals surface area contributed by atoms with Gasteiger partial charge in [0.25, 0.3) is 0 Å². The predicted molar refractivity (Wildman–Crippen MR) is 106 cm³/mol. The summed E-state index contributed by atoms with van der Waals surface area (Å²) in [7, 11) is 0. The largest absolute Gasteiger partial charge is 0.349 e. The van der Waals surface area contributed by atoms with Crippen molar-refractivity contribution in [2.45, 2.75) is 31.7 Å². The van der Waals surface area contributed by atoms with Crippen molar-refractivity contribution in [2.24, 2.45) is 0 Å². The number of carbonyl (C=O) groups excluding carboxylic acids is 1. The highest BCUT2D eigenvalue weighted by Gasteiger charge is 2.29. The number of nitrogens with one attached hydrogen (secondary N) is 2. The number of halogens is 2. The van der Waals surface area contributed by atoms with E-state index >= 15 is 0 Å².